The van der Waals surface area contributed by atoms with Gasteiger partial charge in [-0.15, -0.1) is 11.3 Å². The van der Waals surface area contributed by atoms with Crippen LogP contribution in [-0.4, -0.2) is 46.1 Å². The standard InChI is InChI=1S/C23H22Cl2N6S/c1-15-11-21(29-23(25)27-15)31-7-3-2-6-30(8-9-31)19-13-17(20-5-4-10-32-20)28-18-12-16(24)14-26-22(18)19/h4-5,10-14H,2-3,6-9H2,1H3. The van der Waals surface area contributed by atoms with Crippen molar-refractivity contribution in [2.75, 3.05) is 36.0 Å². The molecule has 32 heavy (non-hydrogen) atoms. The molecule has 0 aliphatic carbocycles. The van der Waals surface area contributed by atoms with Crippen molar-refractivity contribution in [2.45, 2.75) is 19.8 Å². The van der Waals surface area contributed by atoms with Gasteiger partial charge in [0.1, 0.15) is 11.3 Å². The van der Waals surface area contributed by atoms with Gasteiger partial charge in [-0.25, -0.2) is 15.0 Å². The van der Waals surface area contributed by atoms with Crippen LogP contribution in [0.25, 0.3) is 21.6 Å². The second kappa shape index (κ2) is 9.17. The molecular formula is C23H22Cl2N6S. The fourth-order valence-electron chi connectivity index (χ4n) is 4.08. The lowest BCUT2D eigenvalue weighted by molar-refractivity contribution is 0.611. The molecule has 0 N–H and O–H groups in total. The van der Waals surface area contributed by atoms with E-state index in [1.807, 2.05) is 25.1 Å². The number of hydrogen-bond acceptors (Lipinski definition) is 7. The number of fused-ring (bicyclic) bond motifs is 1. The first-order valence-corrected chi connectivity index (χ1v) is 12.2. The molecule has 164 valence electrons. The highest BCUT2D eigenvalue weighted by Gasteiger charge is 2.20. The lowest BCUT2D eigenvalue weighted by Crippen LogP contribution is -2.39. The Hall–Kier alpha value is -2.48. The van der Waals surface area contributed by atoms with Crippen LogP contribution in [0.2, 0.25) is 10.3 Å². The molecule has 6 nitrogen and oxygen atoms in total. The van der Waals surface area contributed by atoms with E-state index in [1.165, 1.54) is 0 Å². The van der Waals surface area contributed by atoms with Gasteiger partial charge in [-0.3, -0.25) is 4.98 Å². The molecule has 0 bridgehead atoms. The van der Waals surface area contributed by atoms with Crippen LogP contribution in [0, 0.1) is 6.92 Å². The molecule has 0 radical (unpaired) electrons. The highest BCUT2D eigenvalue weighted by molar-refractivity contribution is 7.13. The topological polar surface area (TPSA) is 58.0 Å². The van der Waals surface area contributed by atoms with Crippen LogP contribution in [0.1, 0.15) is 18.5 Å². The van der Waals surface area contributed by atoms with E-state index in [4.69, 9.17) is 28.2 Å². The number of halogens is 2. The molecule has 9 heteroatoms. The molecule has 1 aliphatic heterocycles. The maximum atomic E-state index is 6.25. The van der Waals surface area contributed by atoms with Gasteiger partial charge >= 0.3 is 0 Å². The maximum Gasteiger partial charge on any atom is 0.224 e. The second-order valence-electron chi connectivity index (χ2n) is 7.84. The average Bonchev–Trinajstić information content (AvgIpc) is 3.27. The number of rotatable bonds is 3. The largest absolute Gasteiger partial charge is 0.368 e. The molecule has 0 atom stereocenters. The summed E-state index contributed by atoms with van der Waals surface area (Å²) in [6.07, 6.45) is 3.83. The summed E-state index contributed by atoms with van der Waals surface area (Å²) in [6.45, 7) is 5.53. The summed E-state index contributed by atoms with van der Waals surface area (Å²) >= 11 is 14.1. The van der Waals surface area contributed by atoms with Crippen molar-refractivity contribution in [3.63, 3.8) is 0 Å². The van der Waals surface area contributed by atoms with Gasteiger partial charge in [0.2, 0.25) is 5.28 Å². The van der Waals surface area contributed by atoms with E-state index in [1.54, 1.807) is 17.5 Å². The lowest BCUT2D eigenvalue weighted by Gasteiger charge is -2.33. The van der Waals surface area contributed by atoms with Crippen LogP contribution in [0.3, 0.4) is 0 Å². The van der Waals surface area contributed by atoms with E-state index in [9.17, 15) is 0 Å². The molecule has 4 aromatic rings. The third-order valence-electron chi connectivity index (χ3n) is 5.59. The van der Waals surface area contributed by atoms with Crippen LogP contribution in [-0.2, 0) is 0 Å². The van der Waals surface area contributed by atoms with Gasteiger partial charge in [0.15, 0.2) is 0 Å². The molecule has 0 amide bonds. The fourth-order valence-corrected chi connectivity index (χ4v) is 5.14. The third kappa shape index (κ3) is 4.51. The summed E-state index contributed by atoms with van der Waals surface area (Å²) in [5.41, 5.74) is 4.61. The molecule has 1 fully saturated rings. The summed E-state index contributed by atoms with van der Waals surface area (Å²) in [5, 5.41) is 2.95. The van der Waals surface area contributed by atoms with Crippen molar-refractivity contribution in [1.29, 1.82) is 0 Å². The third-order valence-corrected chi connectivity index (χ3v) is 6.86. The number of anilines is 2. The number of aromatic nitrogens is 4. The number of aryl methyl sites for hydroxylation is 1. The predicted octanol–water partition coefficient (Wildman–Crippen LogP) is 5.87. The number of hydrogen-bond donors (Lipinski definition) is 0. The summed E-state index contributed by atoms with van der Waals surface area (Å²) in [5.74, 6) is 0.883. The van der Waals surface area contributed by atoms with Gasteiger partial charge in [0.25, 0.3) is 0 Å². The first kappa shape index (κ1) is 21.4. The highest BCUT2D eigenvalue weighted by atomic mass is 35.5. The van der Waals surface area contributed by atoms with Crippen molar-refractivity contribution in [3.8, 4) is 10.6 Å². The van der Waals surface area contributed by atoms with Crippen molar-refractivity contribution in [3.05, 3.63) is 57.9 Å². The Morgan fingerprint density at radius 3 is 2.53 bits per heavy atom. The number of nitrogens with zero attached hydrogens (tertiary/aromatic N) is 6. The Morgan fingerprint density at radius 1 is 0.938 bits per heavy atom. The number of thiophene rings is 1. The Balaban J connectivity index is 1.51. The van der Waals surface area contributed by atoms with Crippen molar-refractivity contribution >= 4 is 57.1 Å². The van der Waals surface area contributed by atoms with Crippen molar-refractivity contribution < 1.29 is 0 Å². The van der Waals surface area contributed by atoms with Crippen LogP contribution in [0.15, 0.2) is 41.9 Å². The minimum absolute atomic E-state index is 0.292. The monoisotopic (exact) mass is 484 g/mol. The minimum atomic E-state index is 0.292. The zero-order chi connectivity index (χ0) is 22.1. The molecular weight excluding hydrogens is 463 g/mol. The van der Waals surface area contributed by atoms with Crippen molar-refractivity contribution in [1.82, 2.24) is 19.9 Å². The smallest absolute Gasteiger partial charge is 0.224 e. The zero-order valence-corrected chi connectivity index (χ0v) is 20.0. The van der Waals surface area contributed by atoms with Gasteiger partial charge in [0.05, 0.1) is 26.8 Å². The molecule has 0 unspecified atom stereocenters. The van der Waals surface area contributed by atoms with E-state index in [0.717, 1.165) is 77.8 Å². The summed E-state index contributed by atoms with van der Waals surface area (Å²) < 4.78 is 0. The Bertz CT molecular complexity index is 1230. The fraction of sp³-hybridized carbons (Fsp3) is 0.304. The lowest BCUT2D eigenvalue weighted by atomic mass is 10.1. The van der Waals surface area contributed by atoms with Crippen LogP contribution in [0.4, 0.5) is 11.5 Å². The van der Waals surface area contributed by atoms with Gasteiger partial charge < -0.3 is 9.80 Å². The van der Waals surface area contributed by atoms with Gasteiger partial charge in [0, 0.05) is 44.1 Å². The molecule has 1 aliphatic rings. The van der Waals surface area contributed by atoms with Crippen LogP contribution in [0.5, 0.6) is 0 Å². The molecule has 0 saturated carbocycles. The van der Waals surface area contributed by atoms with E-state index < -0.39 is 0 Å². The Morgan fingerprint density at radius 2 is 1.75 bits per heavy atom. The predicted molar refractivity (Wildman–Crippen MR) is 133 cm³/mol. The van der Waals surface area contributed by atoms with Crippen molar-refractivity contribution in [2.24, 2.45) is 0 Å². The Kier molecular flexibility index (Phi) is 6.13. The number of pyridine rings is 2. The van der Waals surface area contributed by atoms with Crippen LogP contribution < -0.4 is 9.80 Å². The summed E-state index contributed by atoms with van der Waals surface area (Å²) in [4.78, 5) is 24.0. The van der Waals surface area contributed by atoms with Gasteiger partial charge in [-0.05, 0) is 54.9 Å². The Labute approximate surface area is 200 Å². The average molecular weight is 485 g/mol. The molecule has 4 aromatic heterocycles. The minimum Gasteiger partial charge on any atom is -0.368 e. The molecule has 1 saturated heterocycles. The highest BCUT2D eigenvalue weighted by Crippen LogP contribution is 2.33. The normalized spacial score (nSPS) is 15.1. The SMILES string of the molecule is Cc1cc(N2CCCCN(c3cc(-c4cccs4)nc4cc(Cl)cnc34)CC2)nc(Cl)n1. The summed E-state index contributed by atoms with van der Waals surface area (Å²) in [7, 11) is 0. The van der Waals surface area contributed by atoms with Gasteiger partial charge in [-0.2, -0.15) is 0 Å². The van der Waals surface area contributed by atoms with E-state index in [2.05, 4.69) is 42.3 Å². The molecule has 0 spiro atoms. The zero-order valence-electron chi connectivity index (χ0n) is 17.6. The van der Waals surface area contributed by atoms with Gasteiger partial charge in [-0.1, -0.05) is 17.7 Å². The molecule has 5 heterocycles. The summed E-state index contributed by atoms with van der Waals surface area (Å²) in [6, 6.07) is 10.2. The van der Waals surface area contributed by atoms with E-state index in [0.29, 0.717) is 10.3 Å². The first-order chi connectivity index (χ1) is 15.6. The van der Waals surface area contributed by atoms with E-state index >= 15 is 0 Å². The molecule has 5 rings (SSSR count). The second-order valence-corrected chi connectivity index (χ2v) is 9.57. The molecule has 0 aromatic carbocycles. The van der Waals surface area contributed by atoms with E-state index in [-0.39, 0.29) is 0 Å². The first-order valence-electron chi connectivity index (χ1n) is 10.6. The van der Waals surface area contributed by atoms with Crippen LogP contribution >= 0.6 is 34.5 Å². The maximum absolute atomic E-state index is 6.25. The quantitative estimate of drug-likeness (QED) is 0.339.